The predicted molar refractivity (Wildman–Crippen MR) is 59.3 cm³/mol. The minimum Gasteiger partial charge on any atom is -0.378 e. The summed E-state index contributed by atoms with van der Waals surface area (Å²) in [5.41, 5.74) is 0.0589. The Balaban J connectivity index is 3.07. The van der Waals surface area contributed by atoms with E-state index in [0.29, 0.717) is 16.1 Å². The van der Waals surface area contributed by atoms with Crippen molar-refractivity contribution in [1.82, 2.24) is 0 Å². The standard InChI is InChI=1S/C12H10ClNO/c1-12(2,15)6-5-10-4-3-9(8-14)7-11(10)13/h3-4,7,15H,1-2H3. The molecule has 1 aromatic rings. The van der Waals surface area contributed by atoms with Gasteiger partial charge in [0.1, 0.15) is 5.60 Å². The maximum Gasteiger partial charge on any atom is 0.120 e. The maximum absolute atomic E-state index is 9.40. The van der Waals surface area contributed by atoms with Crippen molar-refractivity contribution in [3.63, 3.8) is 0 Å². The number of hydrogen-bond donors (Lipinski definition) is 1. The van der Waals surface area contributed by atoms with Gasteiger partial charge in [0.15, 0.2) is 0 Å². The van der Waals surface area contributed by atoms with Gasteiger partial charge >= 0.3 is 0 Å². The van der Waals surface area contributed by atoms with Gasteiger partial charge in [-0.1, -0.05) is 23.4 Å². The molecule has 76 valence electrons. The van der Waals surface area contributed by atoms with Crippen molar-refractivity contribution >= 4 is 11.6 Å². The van der Waals surface area contributed by atoms with Crippen molar-refractivity contribution < 1.29 is 5.11 Å². The molecule has 0 bridgehead atoms. The Bertz CT molecular complexity index is 469. The van der Waals surface area contributed by atoms with Crippen LogP contribution in [0.4, 0.5) is 0 Å². The number of aliphatic hydroxyl groups is 1. The van der Waals surface area contributed by atoms with Crippen molar-refractivity contribution in [2.75, 3.05) is 0 Å². The van der Waals surface area contributed by atoms with E-state index in [9.17, 15) is 5.11 Å². The molecule has 0 aliphatic heterocycles. The zero-order valence-corrected chi connectivity index (χ0v) is 9.26. The van der Waals surface area contributed by atoms with E-state index in [2.05, 4.69) is 11.8 Å². The fourth-order valence-corrected chi connectivity index (χ4v) is 1.13. The van der Waals surface area contributed by atoms with Gasteiger partial charge in [0.2, 0.25) is 0 Å². The molecular formula is C12H10ClNO. The van der Waals surface area contributed by atoms with Crippen LogP contribution in [0.2, 0.25) is 5.02 Å². The largest absolute Gasteiger partial charge is 0.378 e. The minimum atomic E-state index is -1.04. The summed E-state index contributed by atoms with van der Waals surface area (Å²) in [7, 11) is 0. The SMILES string of the molecule is CC(C)(O)C#Cc1ccc(C#N)cc1Cl. The molecule has 0 aliphatic carbocycles. The van der Waals surface area contributed by atoms with Crippen LogP contribution in [0.5, 0.6) is 0 Å². The van der Waals surface area contributed by atoms with Crippen molar-refractivity contribution in [2.24, 2.45) is 0 Å². The lowest BCUT2D eigenvalue weighted by Gasteiger charge is -2.06. The minimum absolute atomic E-state index is 0.422. The average Bonchev–Trinajstić information content (AvgIpc) is 2.14. The van der Waals surface area contributed by atoms with Gasteiger partial charge in [-0.25, -0.2) is 0 Å². The van der Waals surface area contributed by atoms with Crippen LogP contribution < -0.4 is 0 Å². The normalized spacial score (nSPS) is 10.1. The van der Waals surface area contributed by atoms with E-state index in [-0.39, 0.29) is 0 Å². The molecule has 0 fully saturated rings. The highest BCUT2D eigenvalue weighted by Gasteiger charge is 2.06. The Morgan fingerprint density at radius 2 is 2.07 bits per heavy atom. The lowest BCUT2D eigenvalue weighted by atomic mass is 10.1. The number of halogens is 1. The van der Waals surface area contributed by atoms with Crippen LogP contribution in [0, 0.1) is 23.2 Å². The summed E-state index contributed by atoms with van der Waals surface area (Å²) in [5, 5.41) is 18.5. The Kier molecular flexibility index (Phi) is 3.37. The van der Waals surface area contributed by atoms with Gasteiger partial charge in [0.05, 0.1) is 16.7 Å². The Hall–Kier alpha value is -1.48. The fraction of sp³-hybridized carbons (Fsp3) is 0.250. The number of rotatable bonds is 0. The molecule has 0 aliphatic rings. The second-order valence-electron chi connectivity index (χ2n) is 3.62. The molecule has 0 heterocycles. The molecule has 0 spiro atoms. The van der Waals surface area contributed by atoms with Gasteiger partial charge in [-0.2, -0.15) is 5.26 Å². The molecule has 1 rings (SSSR count). The fourth-order valence-electron chi connectivity index (χ4n) is 0.906. The molecule has 0 aromatic heterocycles. The average molecular weight is 220 g/mol. The van der Waals surface area contributed by atoms with Crippen molar-refractivity contribution in [3.8, 4) is 17.9 Å². The first kappa shape index (κ1) is 11.6. The molecule has 0 radical (unpaired) electrons. The predicted octanol–water partition coefficient (Wildman–Crippen LogP) is 2.33. The zero-order chi connectivity index (χ0) is 11.5. The van der Waals surface area contributed by atoms with Crippen LogP contribution >= 0.6 is 11.6 Å². The van der Waals surface area contributed by atoms with Gasteiger partial charge < -0.3 is 5.11 Å². The van der Waals surface area contributed by atoms with E-state index >= 15 is 0 Å². The van der Waals surface area contributed by atoms with Crippen LogP contribution in [0.1, 0.15) is 25.0 Å². The van der Waals surface area contributed by atoms with Gasteiger partial charge in [-0.15, -0.1) is 0 Å². The van der Waals surface area contributed by atoms with E-state index in [0.717, 1.165) is 0 Å². The van der Waals surface area contributed by atoms with Crippen LogP contribution in [-0.4, -0.2) is 10.7 Å². The summed E-state index contributed by atoms with van der Waals surface area (Å²) >= 11 is 5.90. The Morgan fingerprint density at radius 3 is 2.53 bits per heavy atom. The molecule has 3 heteroatoms. The lowest BCUT2D eigenvalue weighted by molar-refractivity contribution is 0.143. The Labute approximate surface area is 94.1 Å². The van der Waals surface area contributed by atoms with E-state index in [1.807, 2.05) is 6.07 Å². The highest BCUT2D eigenvalue weighted by molar-refractivity contribution is 6.31. The number of benzene rings is 1. The topological polar surface area (TPSA) is 44.0 Å². The quantitative estimate of drug-likeness (QED) is 0.681. The first-order valence-electron chi connectivity index (χ1n) is 4.37. The van der Waals surface area contributed by atoms with E-state index in [1.165, 1.54) is 0 Å². The molecule has 0 amide bonds. The van der Waals surface area contributed by atoms with Crippen LogP contribution in [0.25, 0.3) is 0 Å². The highest BCUT2D eigenvalue weighted by atomic mass is 35.5. The van der Waals surface area contributed by atoms with E-state index in [1.54, 1.807) is 32.0 Å². The van der Waals surface area contributed by atoms with Crippen LogP contribution in [0.15, 0.2) is 18.2 Å². The summed E-state index contributed by atoms with van der Waals surface area (Å²) < 4.78 is 0. The number of nitriles is 1. The molecule has 1 aromatic carbocycles. The smallest absolute Gasteiger partial charge is 0.120 e. The maximum atomic E-state index is 9.40. The molecule has 2 nitrogen and oxygen atoms in total. The van der Waals surface area contributed by atoms with Crippen molar-refractivity contribution in [3.05, 3.63) is 34.3 Å². The molecule has 0 saturated carbocycles. The van der Waals surface area contributed by atoms with Crippen molar-refractivity contribution in [2.45, 2.75) is 19.4 Å². The van der Waals surface area contributed by atoms with E-state index < -0.39 is 5.60 Å². The van der Waals surface area contributed by atoms with Crippen molar-refractivity contribution in [1.29, 1.82) is 5.26 Å². The van der Waals surface area contributed by atoms with Crippen LogP contribution in [0.3, 0.4) is 0 Å². The first-order valence-corrected chi connectivity index (χ1v) is 4.75. The van der Waals surface area contributed by atoms with Crippen LogP contribution in [-0.2, 0) is 0 Å². The Morgan fingerprint density at radius 1 is 1.40 bits per heavy atom. The van der Waals surface area contributed by atoms with E-state index in [4.69, 9.17) is 16.9 Å². The number of hydrogen-bond acceptors (Lipinski definition) is 2. The summed E-state index contributed by atoms with van der Waals surface area (Å²) in [4.78, 5) is 0. The summed E-state index contributed by atoms with van der Waals surface area (Å²) in [6.07, 6.45) is 0. The molecule has 1 N–H and O–H groups in total. The molecule has 0 unspecified atom stereocenters. The lowest BCUT2D eigenvalue weighted by Crippen LogP contribution is -2.14. The number of nitrogens with zero attached hydrogens (tertiary/aromatic N) is 1. The third-order valence-electron chi connectivity index (χ3n) is 1.60. The summed E-state index contributed by atoms with van der Waals surface area (Å²) in [6.45, 7) is 3.19. The second kappa shape index (κ2) is 4.36. The van der Waals surface area contributed by atoms with Gasteiger partial charge in [0.25, 0.3) is 0 Å². The summed E-state index contributed by atoms with van der Waals surface area (Å²) in [6, 6.07) is 6.84. The molecular weight excluding hydrogens is 210 g/mol. The monoisotopic (exact) mass is 219 g/mol. The second-order valence-corrected chi connectivity index (χ2v) is 4.02. The zero-order valence-electron chi connectivity index (χ0n) is 8.50. The van der Waals surface area contributed by atoms with Gasteiger partial charge in [-0.05, 0) is 32.0 Å². The molecule has 0 saturated heterocycles. The third-order valence-corrected chi connectivity index (χ3v) is 1.91. The van der Waals surface area contributed by atoms with Gasteiger partial charge in [0, 0.05) is 5.56 Å². The molecule has 15 heavy (non-hydrogen) atoms. The third kappa shape index (κ3) is 3.64. The highest BCUT2D eigenvalue weighted by Crippen LogP contribution is 2.16. The summed E-state index contributed by atoms with van der Waals surface area (Å²) in [5.74, 6) is 5.42. The van der Waals surface area contributed by atoms with Gasteiger partial charge in [-0.3, -0.25) is 0 Å². The first-order chi connectivity index (χ1) is 6.92. The molecule has 0 atom stereocenters.